The van der Waals surface area contributed by atoms with Crippen molar-refractivity contribution >= 4 is 5.82 Å². The van der Waals surface area contributed by atoms with Gasteiger partial charge >= 0.3 is 0 Å². The van der Waals surface area contributed by atoms with Crippen molar-refractivity contribution in [1.82, 2.24) is 20.0 Å². The third-order valence-electron chi connectivity index (χ3n) is 5.20. The highest BCUT2D eigenvalue weighted by atomic mass is 16.5. The maximum absolute atomic E-state index is 5.60. The second kappa shape index (κ2) is 7.49. The van der Waals surface area contributed by atoms with Crippen molar-refractivity contribution < 1.29 is 9.26 Å². The number of nitrogens with one attached hydrogen (secondary N) is 1. The summed E-state index contributed by atoms with van der Waals surface area (Å²) in [5.41, 5.74) is 0.875. The molecule has 1 atom stereocenters. The van der Waals surface area contributed by atoms with Crippen molar-refractivity contribution in [2.45, 2.75) is 44.2 Å². The Labute approximate surface area is 147 Å². The number of ether oxygens (including phenoxy) is 1. The van der Waals surface area contributed by atoms with Gasteiger partial charge in [-0.25, -0.2) is 4.98 Å². The zero-order valence-corrected chi connectivity index (χ0v) is 14.6. The standard InChI is InChI=1S/C18H25N5O2/c1-24-11-9-19-16-8-7-13(12-20-16)17-21-18(25-22-17)15-6-3-10-23(15)14-4-2-5-14/h7-8,12,14-15H,2-6,9-11H2,1H3,(H,19,20). The molecule has 1 aliphatic carbocycles. The van der Waals surface area contributed by atoms with Crippen molar-refractivity contribution in [3.05, 3.63) is 24.2 Å². The third kappa shape index (κ3) is 3.52. The molecule has 0 bridgehead atoms. The van der Waals surface area contributed by atoms with Gasteiger partial charge in [0.25, 0.3) is 0 Å². The largest absolute Gasteiger partial charge is 0.383 e. The molecule has 2 aliphatic rings. The SMILES string of the molecule is COCCNc1ccc(-c2noc(C3CCCN3C3CCC3)n2)cn1. The minimum absolute atomic E-state index is 0.287. The lowest BCUT2D eigenvalue weighted by Gasteiger charge is -2.37. The van der Waals surface area contributed by atoms with Gasteiger partial charge in [-0.05, 0) is 44.4 Å². The molecule has 1 unspecified atom stereocenters. The smallest absolute Gasteiger partial charge is 0.244 e. The van der Waals surface area contributed by atoms with E-state index in [-0.39, 0.29) is 6.04 Å². The maximum atomic E-state index is 5.60. The number of aromatic nitrogens is 3. The molecule has 25 heavy (non-hydrogen) atoms. The Morgan fingerprint density at radius 2 is 2.20 bits per heavy atom. The first-order valence-corrected chi connectivity index (χ1v) is 9.14. The van der Waals surface area contributed by atoms with Gasteiger partial charge in [0.2, 0.25) is 11.7 Å². The number of hydrogen-bond donors (Lipinski definition) is 1. The van der Waals surface area contributed by atoms with Gasteiger partial charge in [0, 0.05) is 31.5 Å². The molecule has 0 aromatic carbocycles. The molecule has 0 spiro atoms. The van der Waals surface area contributed by atoms with E-state index < -0.39 is 0 Å². The van der Waals surface area contributed by atoms with E-state index in [1.165, 1.54) is 25.7 Å². The molecule has 134 valence electrons. The lowest BCUT2D eigenvalue weighted by Crippen LogP contribution is -2.39. The molecule has 0 amide bonds. The monoisotopic (exact) mass is 343 g/mol. The summed E-state index contributed by atoms with van der Waals surface area (Å²) in [5.74, 6) is 2.18. The molecule has 2 aromatic rings. The predicted molar refractivity (Wildman–Crippen MR) is 94.2 cm³/mol. The van der Waals surface area contributed by atoms with Crippen LogP contribution in [0.1, 0.15) is 44.0 Å². The normalized spacial score (nSPS) is 21.4. The van der Waals surface area contributed by atoms with E-state index in [4.69, 9.17) is 9.26 Å². The Bertz CT molecular complexity index is 683. The summed E-state index contributed by atoms with van der Waals surface area (Å²) in [6.45, 7) is 2.53. The third-order valence-corrected chi connectivity index (χ3v) is 5.20. The lowest BCUT2D eigenvalue weighted by molar-refractivity contribution is 0.0966. The number of anilines is 1. The molecule has 1 saturated carbocycles. The highest BCUT2D eigenvalue weighted by Gasteiger charge is 2.37. The minimum Gasteiger partial charge on any atom is -0.383 e. The fraction of sp³-hybridized carbons (Fsp3) is 0.611. The van der Waals surface area contributed by atoms with Crippen molar-refractivity contribution in [2.24, 2.45) is 0 Å². The highest BCUT2D eigenvalue weighted by Crippen LogP contribution is 2.38. The number of nitrogens with zero attached hydrogens (tertiary/aromatic N) is 4. The molecule has 1 aliphatic heterocycles. The van der Waals surface area contributed by atoms with Crippen molar-refractivity contribution in [3.8, 4) is 11.4 Å². The zero-order valence-electron chi connectivity index (χ0n) is 14.6. The van der Waals surface area contributed by atoms with Crippen LogP contribution in [0.5, 0.6) is 0 Å². The van der Waals surface area contributed by atoms with E-state index in [1.54, 1.807) is 13.3 Å². The van der Waals surface area contributed by atoms with Gasteiger partial charge < -0.3 is 14.6 Å². The molecule has 7 nitrogen and oxygen atoms in total. The summed E-state index contributed by atoms with van der Waals surface area (Å²) in [6, 6.07) is 4.89. The molecule has 1 saturated heterocycles. The molecule has 3 heterocycles. The Hall–Kier alpha value is -1.99. The van der Waals surface area contributed by atoms with Gasteiger partial charge in [-0.2, -0.15) is 4.98 Å². The highest BCUT2D eigenvalue weighted by molar-refractivity contribution is 5.55. The van der Waals surface area contributed by atoms with Crippen LogP contribution in [-0.4, -0.2) is 52.9 Å². The van der Waals surface area contributed by atoms with E-state index in [0.29, 0.717) is 18.5 Å². The van der Waals surface area contributed by atoms with Crippen LogP contribution in [0.15, 0.2) is 22.9 Å². The van der Waals surface area contributed by atoms with Crippen LogP contribution in [0.3, 0.4) is 0 Å². The average molecular weight is 343 g/mol. The first-order chi connectivity index (χ1) is 12.3. The van der Waals surface area contributed by atoms with E-state index in [0.717, 1.165) is 36.8 Å². The van der Waals surface area contributed by atoms with Gasteiger partial charge in [0.1, 0.15) is 5.82 Å². The van der Waals surface area contributed by atoms with E-state index in [2.05, 4.69) is 25.3 Å². The fourth-order valence-electron chi connectivity index (χ4n) is 3.61. The van der Waals surface area contributed by atoms with Gasteiger partial charge in [0.15, 0.2) is 0 Å². The number of hydrogen-bond acceptors (Lipinski definition) is 7. The summed E-state index contributed by atoms with van der Waals surface area (Å²) in [7, 11) is 1.68. The number of rotatable bonds is 7. The summed E-state index contributed by atoms with van der Waals surface area (Å²) in [6.07, 6.45) is 8.06. The fourth-order valence-corrected chi connectivity index (χ4v) is 3.61. The first-order valence-electron chi connectivity index (χ1n) is 9.14. The number of methoxy groups -OCH3 is 1. The molecule has 1 N–H and O–H groups in total. The Kier molecular flexibility index (Phi) is 4.94. The molecule has 2 fully saturated rings. The second-order valence-corrected chi connectivity index (χ2v) is 6.79. The van der Waals surface area contributed by atoms with Crippen LogP contribution in [-0.2, 0) is 4.74 Å². The van der Waals surface area contributed by atoms with E-state index in [9.17, 15) is 0 Å². The number of pyridine rings is 1. The summed E-state index contributed by atoms with van der Waals surface area (Å²) < 4.78 is 10.6. The van der Waals surface area contributed by atoms with Crippen LogP contribution in [0.2, 0.25) is 0 Å². The summed E-state index contributed by atoms with van der Waals surface area (Å²) in [4.78, 5) is 11.6. The molecular weight excluding hydrogens is 318 g/mol. The molecular formula is C18H25N5O2. The molecule has 7 heteroatoms. The summed E-state index contributed by atoms with van der Waals surface area (Å²) in [5, 5.41) is 7.38. The van der Waals surface area contributed by atoms with E-state index >= 15 is 0 Å². The Morgan fingerprint density at radius 3 is 2.92 bits per heavy atom. The minimum atomic E-state index is 0.287. The van der Waals surface area contributed by atoms with Gasteiger partial charge in [-0.3, -0.25) is 4.90 Å². The van der Waals surface area contributed by atoms with Gasteiger partial charge in [-0.1, -0.05) is 11.6 Å². The van der Waals surface area contributed by atoms with Crippen molar-refractivity contribution in [3.63, 3.8) is 0 Å². The topological polar surface area (TPSA) is 76.3 Å². The predicted octanol–water partition coefficient (Wildman–Crippen LogP) is 2.88. The van der Waals surface area contributed by atoms with E-state index in [1.807, 2.05) is 12.1 Å². The lowest BCUT2D eigenvalue weighted by atomic mass is 9.91. The van der Waals surface area contributed by atoms with Crippen molar-refractivity contribution in [1.29, 1.82) is 0 Å². The van der Waals surface area contributed by atoms with Gasteiger partial charge in [-0.15, -0.1) is 0 Å². The average Bonchev–Trinajstić information content (AvgIpc) is 3.23. The van der Waals surface area contributed by atoms with Crippen LogP contribution < -0.4 is 5.32 Å². The Balaban J connectivity index is 1.43. The maximum Gasteiger partial charge on any atom is 0.244 e. The molecule has 2 aromatic heterocycles. The van der Waals surface area contributed by atoms with Crippen LogP contribution in [0.4, 0.5) is 5.82 Å². The van der Waals surface area contributed by atoms with Gasteiger partial charge in [0.05, 0.1) is 12.6 Å². The quantitative estimate of drug-likeness (QED) is 0.775. The van der Waals surface area contributed by atoms with Crippen LogP contribution >= 0.6 is 0 Å². The van der Waals surface area contributed by atoms with Crippen LogP contribution in [0, 0.1) is 0 Å². The summed E-state index contributed by atoms with van der Waals surface area (Å²) >= 11 is 0. The first kappa shape index (κ1) is 16.5. The van der Waals surface area contributed by atoms with Crippen LogP contribution in [0.25, 0.3) is 11.4 Å². The second-order valence-electron chi connectivity index (χ2n) is 6.79. The molecule has 4 rings (SSSR count). The number of likely N-dealkylation sites (tertiary alicyclic amines) is 1. The molecule has 0 radical (unpaired) electrons. The zero-order chi connectivity index (χ0) is 17.1. The van der Waals surface area contributed by atoms with Crippen molar-refractivity contribution in [2.75, 3.05) is 32.1 Å². The Morgan fingerprint density at radius 1 is 1.28 bits per heavy atom.